The van der Waals surface area contributed by atoms with Gasteiger partial charge in [0, 0.05) is 22.9 Å². The number of nitrogen functional groups attached to an aromatic ring is 2. The minimum absolute atomic E-state index is 0.819. The number of rotatable bonds is 7. The van der Waals surface area contributed by atoms with Gasteiger partial charge in [0.15, 0.2) is 0 Å². The van der Waals surface area contributed by atoms with E-state index in [9.17, 15) is 0 Å². The number of hydrogen-bond acceptors (Lipinski definition) is 6. The fourth-order valence-electron chi connectivity index (χ4n) is 1.45. The summed E-state index contributed by atoms with van der Waals surface area (Å²) in [6.45, 7) is 0. The van der Waals surface area contributed by atoms with E-state index in [1.165, 1.54) is 11.1 Å². The number of nitrogens with two attached hydrogens (primary N) is 2. The smallest absolute Gasteiger partial charge is 0.0314 e. The van der Waals surface area contributed by atoms with Gasteiger partial charge in [0.2, 0.25) is 0 Å². The van der Waals surface area contributed by atoms with Crippen molar-refractivity contribution in [2.45, 2.75) is 11.5 Å². The first-order valence-electron chi connectivity index (χ1n) is 6.00. The van der Waals surface area contributed by atoms with Gasteiger partial charge in [0.05, 0.1) is 0 Å². The highest BCUT2D eigenvalue weighted by Crippen LogP contribution is 2.45. The van der Waals surface area contributed by atoms with Crippen molar-refractivity contribution < 1.29 is 0 Å². The highest BCUT2D eigenvalue weighted by atomic mass is 33.7. The molecule has 2 nitrogen and oxygen atoms in total. The minimum Gasteiger partial charge on any atom is -0.399 e. The van der Waals surface area contributed by atoms with Crippen molar-refractivity contribution in [1.29, 1.82) is 0 Å². The quantitative estimate of drug-likeness (QED) is 0.409. The van der Waals surface area contributed by atoms with Crippen LogP contribution in [0.15, 0.2) is 48.5 Å². The molecule has 2 rings (SSSR count). The van der Waals surface area contributed by atoms with Crippen molar-refractivity contribution in [3.05, 3.63) is 59.7 Å². The first-order chi connectivity index (χ1) is 9.74. The Balaban J connectivity index is 1.57. The zero-order valence-electron chi connectivity index (χ0n) is 10.8. The first-order valence-corrected chi connectivity index (χ1v) is 11.2. The molecule has 0 aromatic heterocycles. The zero-order chi connectivity index (χ0) is 14.2. The summed E-state index contributed by atoms with van der Waals surface area (Å²) in [6.07, 6.45) is 0. The summed E-state index contributed by atoms with van der Waals surface area (Å²) >= 11 is 0. The standard InChI is InChI=1S/C14H16N2S4/c15-13-5-1-11(2-6-13)9-17-19-20-18-10-12-3-7-14(16)8-4-12/h1-8H,9-10,15-16H2. The van der Waals surface area contributed by atoms with Crippen molar-refractivity contribution in [1.82, 2.24) is 0 Å². The van der Waals surface area contributed by atoms with Crippen molar-refractivity contribution in [3.8, 4) is 0 Å². The molecule has 106 valence electrons. The van der Waals surface area contributed by atoms with Gasteiger partial charge in [-0.2, -0.15) is 0 Å². The van der Waals surface area contributed by atoms with Gasteiger partial charge in [-0.05, 0) is 55.0 Å². The Morgan fingerprint density at radius 1 is 0.600 bits per heavy atom. The Hall–Kier alpha value is -0.560. The third-order valence-electron chi connectivity index (χ3n) is 2.53. The van der Waals surface area contributed by atoms with Crippen molar-refractivity contribution >= 4 is 52.6 Å². The van der Waals surface area contributed by atoms with Crippen LogP contribution in [0.3, 0.4) is 0 Å². The Bertz CT molecular complexity index is 464. The van der Waals surface area contributed by atoms with Gasteiger partial charge in [0.25, 0.3) is 0 Å². The molecule has 0 spiro atoms. The molecule has 2 aromatic rings. The topological polar surface area (TPSA) is 52.0 Å². The number of hydrogen-bond donors (Lipinski definition) is 2. The number of benzene rings is 2. The van der Waals surface area contributed by atoms with E-state index >= 15 is 0 Å². The van der Waals surface area contributed by atoms with Crippen LogP contribution < -0.4 is 11.5 Å². The van der Waals surface area contributed by atoms with Gasteiger partial charge in [-0.15, -0.1) is 0 Å². The lowest BCUT2D eigenvalue weighted by atomic mass is 10.2. The van der Waals surface area contributed by atoms with Gasteiger partial charge in [-0.25, -0.2) is 0 Å². The van der Waals surface area contributed by atoms with Crippen LogP contribution in [0.2, 0.25) is 0 Å². The summed E-state index contributed by atoms with van der Waals surface area (Å²) in [4.78, 5) is 0. The Kier molecular flexibility index (Phi) is 6.86. The summed E-state index contributed by atoms with van der Waals surface area (Å²) < 4.78 is 0. The van der Waals surface area contributed by atoms with Crippen molar-refractivity contribution in [3.63, 3.8) is 0 Å². The zero-order valence-corrected chi connectivity index (χ0v) is 14.1. The van der Waals surface area contributed by atoms with E-state index in [0.29, 0.717) is 0 Å². The van der Waals surface area contributed by atoms with E-state index in [1.807, 2.05) is 65.5 Å². The molecule has 4 N–H and O–H groups in total. The third kappa shape index (κ3) is 5.83. The first kappa shape index (κ1) is 15.8. The Morgan fingerprint density at radius 3 is 1.30 bits per heavy atom. The summed E-state index contributed by atoms with van der Waals surface area (Å²) in [5.41, 5.74) is 15.6. The average molecular weight is 341 g/mol. The normalized spacial score (nSPS) is 10.6. The van der Waals surface area contributed by atoms with Gasteiger partial charge in [-0.1, -0.05) is 45.9 Å². The molecular weight excluding hydrogens is 324 g/mol. The van der Waals surface area contributed by atoms with Crippen LogP contribution in [0.25, 0.3) is 0 Å². The predicted octanol–water partition coefficient (Wildman–Crippen LogP) is 5.23. The predicted molar refractivity (Wildman–Crippen MR) is 99.5 cm³/mol. The second kappa shape index (κ2) is 8.67. The van der Waals surface area contributed by atoms with Crippen LogP contribution in [-0.2, 0) is 11.5 Å². The molecule has 0 aliphatic carbocycles. The molecule has 6 heteroatoms. The summed E-state index contributed by atoms with van der Waals surface area (Å²) in [6, 6.07) is 16.1. The molecule has 0 amide bonds. The molecule has 20 heavy (non-hydrogen) atoms. The fraction of sp³-hybridized carbons (Fsp3) is 0.143. The van der Waals surface area contributed by atoms with Crippen LogP contribution in [0, 0.1) is 0 Å². The van der Waals surface area contributed by atoms with E-state index in [0.717, 1.165) is 22.9 Å². The van der Waals surface area contributed by atoms with Crippen LogP contribution >= 0.6 is 41.2 Å². The monoisotopic (exact) mass is 340 g/mol. The molecule has 0 saturated heterocycles. The highest BCUT2D eigenvalue weighted by Gasteiger charge is 1.98. The largest absolute Gasteiger partial charge is 0.399 e. The van der Waals surface area contributed by atoms with Crippen LogP contribution in [0.4, 0.5) is 11.4 Å². The van der Waals surface area contributed by atoms with E-state index in [2.05, 4.69) is 24.3 Å². The molecule has 0 bridgehead atoms. The molecule has 0 radical (unpaired) electrons. The average Bonchev–Trinajstić information content (AvgIpc) is 2.46. The molecule has 0 aliphatic heterocycles. The molecule has 0 atom stereocenters. The van der Waals surface area contributed by atoms with E-state index in [4.69, 9.17) is 11.5 Å². The van der Waals surface area contributed by atoms with Gasteiger partial charge in [0.1, 0.15) is 0 Å². The third-order valence-corrected chi connectivity index (χ3v) is 8.87. The van der Waals surface area contributed by atoms with E-state index in [1.54, 1.807) is 0 Å². The summed E-state index contributed by atoms with van der Waals surface area (Å²) in [5, 5.41) is 0. The maximum absolute atomic E-state index is 5.66. The SMILES string of the molecule is Nc1ccc(CSSSSCc2ccc(N)cc2)cc1. The lowest BCUT2D eigenvalue weighted by molar-refractivity contribution is 1.43. The van der Waals surface area contributed by atoms with E-state index in [-0.39, 0.29) is 0 Å². The van der Waals surface area contributed by atoms with Crippen LogP contribution in [0.1, 0.15) is 11.1 Å². The Morgan fingerprint density at radius 2 is 0.950 bits per heavy atom. The van der Waals surface area contributed by atoms with Gasteiger partial charge >= 0.3 is 0 Å². The molecule has 0 heterocycles. The number of anilines is 2. The summed E-state index contributed by atoms with van der Waals surface area (Å²) in [5.74, 6) is 2.00. The summed E-state index contributed by atoms with van der Waals surface area (Å²) in [7, 11) is 7.33. The Labute approximate surface area is 135 Å². The van der Waals surface area contributed by atoms with Gasteiger partial charge in [-0.3, -0.25) is 0 Å². The van der Waals surface area contributed by atoms with Gasteiger partial charge < -0.3 is 11.5 Å². The lowest BCUT2D eigenvalue weighted by Crippen LogP contribution is -1.84. The molecule has 0 unspecified atom stereocenters. The lowest BCUT2D eigenvalue weighted by Gasteiger charge is -2.02. The highest BCUT2D eigenvalue weighted by molar-refractivity contribution is 9.25. The maximum atomic E-state index is 5.66. The fourth-order valence-corrected chi connectivity index (χ4v) is 7.32. The van der Waals surface area contributed by atoms with E-state index < -0.39 is 0 Å². The molecule has 0 fully saturated rings. The second-order valence-corrected chi connectivity index (χ2v) is 10.1. The van der Waals surface area contributed by atoms with Crippen molar-refractivity contribution in [2.75, 3.05) is 11.5 Å². The molecule has 0 aliphatic rings. The van der Waals surface area contributed by atoms with Crippen molar-refractivity contribution in [2.24, 2.45) is 0 Å². The molecular formula is C14H16N2S4. The minimum atomic E-state index is 0.819. The van der Waals surface area contributed by atoms with Crippen LogP contribution in [0.5, 0.6) is 0 Å². The second-order valence-electron chi connectivity index (χ2n) is 4.14. The molecule has 2 aromatic carbocycles. The molecule has 0 saturated carbocycles. The maximum Gasteiger partial charge on any atom is 0.0314 e. The van der Waals surface area contributed by atoms with Crippen LogP contribution in [-0.4, -0.2) is 0 Å².